The molecule has 1 heterocycles. The zero-order valence-electron chi connectivity index (χ0n) is 11.0. The van der Waals surface area contributed by atoms with Crippen molar-refractivity contribution in [1.82, 2.24) is 4.90 Å². The van der Waals surface area contributed by atoms with Crippen molar-refractivity contribution in [2.75, 3.05) is 13.1 Å². The monoisotopic (exact) mass is 311 g/mol. The van der Waals surface area contributed by atoms with E-state index in [0.717, 1.165) is 29.0 Å². The fraction of sp³-hybridized carbons (Fsp3) is 0.600. The van der Waals surface area contributed by atoms with Gasteiger partial charge in [-0.1, -0.05) is 35.0 Å². The van der Waals surface area contributed by atoms with Crippen molar-refractivity contribution >= 4 is 15.9 Å². The highest BCUT2D eigenvalue weighted by molar-refractivity contribution is 9.10. The van der Waals surface area contributed by atoms with Gasteiger partial charge in [0.25, 0.3) is 0 Å². The predicted octanol–water partition coefficient (Wildman–Crippen LogP) is 3.75. The molecule has 1 aliphatic rings. The highest BCUT2D eigenvalue weighted by atomic mass is 79.9. The number of rotatable bonds is 5. The Hall–Kier alpha value is -0.380. The number of aliphatic hydroxyl groups is 1. The van der Waals surface area contributed by atoms with E-state index in [1.165, 1.54) is 25.8 Å². The molecule has 2 nitrogen and oxygen atoms in total. The summed E-state index contributed by atoms with van der Waals surface area (Å²) in [6.45, 7) is 4.46. The van der Waals surface area contributed by atoms with Crippen molar-refractivity contribution in [2.45, 2.75) is 44.8 Å². The summed E-state index contributed by atoms with van der Waals surface area (Å²) in [7, 11) is 0. The van der Waals surface area contributed by atoms with Gasteiger partial charge in [0.15, 0.2) is 0 Å². The van der Waals surface area contributed by atoms with Crippen LogP contribution in [0.1, 0.15) is 44.3 Å². The molecule has 2 rings (SSSR count). The van der Waals surface area contributed by atoms with Crippen LogP contribution < -0.4 is 0 Å². The van der Waals surface area contributed by atoms with Crippen LogP contribution in [0.2, 0.25) is 0 Å². The van der Waals surface area contributed by atoms with Crippen LogP contribution >= 0.6 is 15.9 Å². The summed E-state index contributed by atoms with van der Waals surface area (Å²) >= 11 is 3.45. The maximum absolute atomic E-state index is 10.2. The van der Waals surface area contributed by atoms with E-state index in [9.17, 15) is 5.11 Å². The minimum absolute atomic E-state index is 0.347. The van der Waals surface area contributed by atoms with Gasteiger partial charge in [0, 0.05) is 17.1 Å². The van der Waals surface area contributed by atoms with E-state index in [1.807, 2.05) is 24.3 Å². The summed E-state index contributed by atoms with van der Waals surface area (Å²) in [6.07, 6.45) is 4.34. The zero-order chi connectivity index (χ0) is 13.0. The number of likely N-dealkylation sites (tertiary alicyclic amines) is 1. The molecule has 0 aromatic heterocycles. The molecule has 2 atom stereocenters. The Balaban J connectivity index is 1.86. The summed E-state index contributed by atoms with van der Waals surface area (Å²) in [6, 6.07) is 8.71. The van der Waals surface area contributed by atoms with E-state index in [2.05, 4.69) is 27.8 Å². The fourth-order valence-corrected chi connectivity index (χ4v) is 3.24. The first kappa shape index (κ1) is 14.0. The van der Waals surface area contributed by atoms with Gasteiger partial charge >= 0.3 is 0 Å². The quantitative estimate of drug-likeness (QED) is 0.895. The first-order valence-corrected chi connectivity index (χ1v) is 7.67. The third-order valence-electron chi connectivity index (χ3n) is 3.89. The van der Waals surface area contributed by atoms with Gasteiger partial charge in [-0.25, -0.2) is 0 Å². The lowest BCUT2D eigenvalue weighted by atomic mass is 10.1. The number of aliphatic hydroxyl groups excluding tert-OH is 1. The van der Waals surface area contributed by atoms with Gasteiger partial charge in [0.2, 0.25) is 0 Å². The smallest absolute Gasteiger partial charge is 0.0802 e. The molecule has 1 saturated heterocycles. The molecule has 3 heteroatoms. The Bertz CT molecular complexity index is 383. The molecule has 1 aromatic carbocycles. The van der Waals surface area contributed by atoms with Gasteiger partial charge in [0.1, 0.15) is 0 Å². The normalized spacial score (nSPS) is 22.3. The maximum Gasteiger partial charge on any atom is 0.0802 e. The minimum Gasteiger partial charge on any atom is -0.388 e. The summed E-state index contributed by atoms with van der Waals surface area (Å²) in [5, 5.41) is 10.2. The highest BCUT2D eigenvalue weighted by Gasteiger charge is 2.23. The number of hydrogen-bond donors (Lipinski definition) is 1. The van der Waals surface area contributed by atoms with Gasteiger partial charge in [0.05, 0.1) is 6.10 Å². The summed E-state index contributed by atoms with van der Waals surface area (Å²) in [5.74, 6) is 0. The molecule has 1 aliphatic heterocycles. The molecule has 1 fully saturated rings. The van der Waals surface area contributed by atoms with E-state index in [4.69, 9.17) is 0 Å². The SMILES string of the molecule is CCC1CCCN1CCC(O)c1cccc(Br)c1. The van der Waals surface area contributed by atoms with E-state index in [1.54, 1.807) is 0 Å². The van der Waals surface area contributed by atoms with Crippen molar-refractivity contribution in [3.05, 3.63) is 34.3 Å². The largest absolute Gasteiger partial charge is 0.388 e. The average molecular weight is 312 g/mol. The number of benzene rings is 1. The van der Waals surface area contributed by atoms with Gasteiger partial charge in [-0.05, 0) is 49.9 Å². The van der Waals surface area contributed by atoms with Crippen molar-refractivity contribution in [2.24, 2.45) is 0 Å². The molecule has 0 radical (unpaired) electrons. The molecule has 0 bridgehead atoms. The Morgan fingerprint density at radius 3 is 3.06 bits per heavy atom. The van der Waals surface area contributed by atoms with Crippen molar-refractivity contribution in [1.29, 1.82) is 0 Å². The fourth-order valence-electron chi connectivity index (χ4n) is 2.82. The van der Waals surface area contributed by atoms with Crippen molar-refractivity contribution in [3.63, 3.8) is 0 Å². The molecule has 100 valence electrons. The summed E-state index contributed by atoms with van der Waals surface area (Å²) in [5.41, 5.74) is 1.01. The molecule has 2 unspecified atom stereocenters. The minimum atomic E-state index is -0.347. The van der Waals surface area contributed by atoms with Crippen LogP contribution in [0.15, 0.2) is 28.7 Å². The molecular formula is C15H22BrNO. The topological polar surface area (TPSA) is 23.5 Å². The van der Waals surface area contributed by atoms with E-state index in [0.29, 0.717) is 0 Å². The summed E-state index contributed by atoms with van der Waals surface area (Å²) in [4.78, 5) is 2.53. The third-order valence-corrected chi connectivity index (χ3v) is 4.39. The maximum atomic E-state index is 10.2. The Morgan fingerprint density at radius 1 is 1.50 bits per heavy atom. The average Bonchev–Trinajstić information content (AvgIpc) is 2.83. The van der Waals surface area contributed by atoms with Crippen LogP contribution in [0.5, 0.6) is 0 Å². The molecule has 1 aromatic rings. The Kier molecular flexibility index (Phi) is 5.22. The van der Waals surface area contributed by atoms with Crippen LogP contribution in [0.3, 0.4) is 0 Å². The van der Waals surface area contributed by atoms with Crippen LogP contribution in [0.4, 0.5) is 0 Å². The van der Waals surface area contributed by atoms with Crippen LogP contribution in [-0.4, -0.2) is 29.1 Å². The molecule has 18 heavy (non-hydrogen) atoms. The predicted molar refractivity (Wildman–Crippen MR) is 78.6 cm³/mol. The first-order chi connectivity index (χ1) is 8.70. The van der Waals surface area contributed by atoms with Crippen LogP contribution in [-0.2, 0) is 0 Å². The number of nitrogens with zero attached hydrogens (tertiary/aromatic N) is 1. The molecule has 0 amide bonds. The van der Waals surface area contributed by atoms with Gasteiger partial charge in [-0.3, -0.25) is 0 Å². The van der Waals surface area contributed by atoms with E-state index < -0.39 is 0 Å². The van der Waals surface area contributed by atoms with Gasteiger partial charge < -0.3 is 10.0 Å². The lowest BCUT2D eigenvalue weighted by Gasteiger charge is -2.24. The third kappa shape index (κ3) is 3.56. The number of halogens is 1. The second-order valence-corrected chi connectivity index (χ2v) is 6.02. The summed E-state index contributed by atoms with van der Waals surface area (Å²) < 4.78 is 1.03. The van der Waals surface area contributed by atoms with Crippen LogP contribution in [0, 0.1) is 0 Å². The Morgan fingerprint density at radius 2 is 2.33 bits per heavy atom. The lowest BCUT2D eigenvalue weighted by Crippen LogP contribution is -2.30. The lowest BCUT2D eigenvalue weighted by molar-refractivity contribution is 0.137. The zero-order valence-corrected chi connectivity index (χ0v) is 12.6. The van der Waals surface area contributed by atoms with Gasteiger partial charge in [-0.15, -0.1) is 0 Å². The molecule has 0 aliphatic carbocycles. The number of hydrogen-bond acceptors (Lipinski definition) is 2. The molecule has 1 N–H and O–H groups in total. The van der Waals surface area contributed by atoms with Crippen molar-refractivity contribution < 1.29 is 5.11 Å². The molecule has 0 spiro atoms. The van der Waals surface area contributed by atoms with Crippen molar-refractivity contribution in [3.8, 4) is 0 Å². The second kappa shape index (κ2) is 6.69. The molecule has 0 saturated carbocycles. The van der Waals surface area contributed by atoms with Gasteiger partial charge in [-0.2, -0.15) is 0 Å². The molecular weight excluding hydrogens is 290 g/mol. The van der Waals surface area contributed by atoms with Crippen LogP contribution in [0.25, 0.3) is 0 Å². The van der Waals surface area contributed by atoms with E-state index in [-0.39, 0.29) is 6.10 Å². The second-order valence-electron chi connectivity index (χ2n) is 5.10. The highest BCUT2D eigenvalue weighted by Crippen LogP contribution is 2.24. The van der Waals surface area contributed by atoms with E-state index >= 15 is 0 Å². The first-order valence-electron chi connectivity index (χ1n) is 6.88. The Labute approximate surface area is 118 Å². The standard InChI is InChI=1S/C15H22BrNO/c1-2-14-7-4-9-17(14)10-8-15(18)12-5-3-6-13(16)11-12/h3,5-6,11,14-15,18H,2,4,7-10H2,1H3.